The SMILES string of the molecule is CNC(=O)C(Cc1ccccc1)N(Cc1cccc(Cl)c1)C(=O)CSCc1ccc([N+](=O)[O-])cc1. The molecule has 9 heteroatoms. The van der Waals surface area contributed by atoms with Gasteiger partial charge in [0.05, 0.1) is 10.7 Å². The average molecular weight is 512 g/mol. The summed E-state index contributed by atoms with van der Waals surface area (Å²) < 4.78 is 0. The fourth-order valence-corrected chi connectivity index (χ4v) is 4.69. The Morgan fingerprint density at radius 1 is 1.00 bits per heavy atom. The van der Waals surface area contributed by atoms with Gasteiger partial charge < -0.3 is 10.2 Å². The molecule has 2 amide bonds. The van der Waals surface area contributed by atoms with E-state index in [0.29, 0.717) is 17.2 Å². The van der Waals surface area contributed by atoms with Gasteiger partial charge in [0.15, 0.2) is 0 Å². The highest BCUT2D eigenvalue weighted by Crippen LogP contribution is 2.21. The summed E-state index contributed by atoms with van der Waals surface area (Å²) in [4.78, 5) is 38.3. The number of rotatable bonds is 11. The fraction of sp³-hybridized carbons (Fsp3) is 0.231. The number of hydrogen-bond donors (Lipinski definition) is 1. The number of carbonyl (C=O) groups excluding carboxylic acids is 2. The highest BCUT2D eigenvalue weighted by Gasteiger charge is 2.29. The van der Waals surface area contributed by atoms with E-state index in [4.69, 9.17) is 11.6 Å². The van der Waals surface area contributed by atoms with Crippen LogP contribution in [0.25, 0.3) is 0 Å². The Morgan fingerprint density at radius 2 is 1.69 bits per heavy atom. The van der Waals surface area contributed by atoms with Gasteiger partial charge >= 0.3 is 0 Å². The first kappa shape index (κ1) is 26.2. The molecule has 0 aliphatic carbocycles. The summed E-state index contributed by atoms with van der Waals surface area (Å²) in [6.07, 6.45) is 0.375. The molecule has 0 heterocycles. The van der Waals surface area contributed by atoms with Crippen LogP contribution in [0.1, 0.15) is 16.7 Å². The van der Waals surface area contributed by atoms with Gasteiger partial charge in [-0.05, 0) is 28.8 Å². The van der Waals surface area contributed by atoms with Crippen LogP contribution < -0.4 is 5.32 Å². The Hall–Kier alpha value is -3.36. The van der Waals surface area contributed by atoms with E-state index >= 15 is 0 Å². The van der Waals surface area contributed by atoms with E-state index in [0.717, 1.165) is 16.7 Å². The largest absolute Gasteiger partial charge is 0.357 e. The monoisotopic (exact) mass is 511 g/mol. The second kappa shape index (κ2) is 12.9. The summed E-state index contributed by atoms with van der Waals surface area (Å²) in [5.74, 6) is 0.240. The number of nitro benzene ring substituents is 1. The molecule has 1 unspecified atom stereocenters. The Kier molecular flexibility index (Phi) is 9.69. The molecule has 0 saturated carbocycles. The van der Waals surface area contributed by atoms with Crippen LogP contribution in [0, 0.1) is 10.1 Å². The number of nitro groups is 1. The molecule has 182 valence electrons. The Labute approximate surface area is 213 Å². The van der Waals surface area contributed by atoms with E-state index in [1.54, 1.807) is 36.2 Å². The minimum atomic E-state index is -0.700. The number of likely N-dealkylation sites (N-methyl/N-ethyl adjacent to an activating group) is 1. The van der Waals surface area contributed by atoms with Gasteiger partial charge in [0.25, 0.3) is 5.69 Å². The number of halogens is 1. The molecule has 0 bridgehead atoms. The standard InChI is InChI=1S/C26H26ClN3O4S/c1-28-26(32)24(15-19-6-3-2-4-7-19)29(16-21-8-5-9-22(27)14-21)25(31)18-35-17-20-10-12-23(13-11-20)30(33)34/h2-14,24H,15-18H2,1H3,(H,28,32). The normalized spacial score (nSPS) is 11.5. The first-order valence-electron chi connectivity index (χ1n) is 11.0. The second-order valence-corrected chi connectivity index (χ2v) is 9.31. The molecule has 3 aromatic carbocycles. The molecule has 0 aliphatic heterocycles. The minimum Gasteiger partial charge on any atom is -0.357 e. The smallest absolute Gasteiger partial charge is 0.269 e. The molecule has 3 rings (SSSR count). The lowest BCUT2D eigenvalue weighted by Gasteiger charge is -2.31. The van der Waals surface area contributed by atoms with Gasteiger partial charge in [-0.15, -0.1) is 11.8 Å². The maximum Gasteiger partial charge on any atom is 0.269 e. The van der Waals surface area contributed by atoms with Crippen molar-refractivity contribution in [3.05, 3.63) is 111 Å². The highest BCUT2D eigenvalue weighted by molar-refractivity contribution is 7.99. The summed E-state index contributed by atoms with van der Waals surface area (Å²) in [5.41, 5.74) is 2.68. The Bertz CT molecular complexity index is 1160. The maximum absolute atomic E-state index is 13.4. The van der Waals surface area contributed by atoms with Gasteiger partial charge in [-0.1, -0.05) is 66.2 Å². The fourth-order valence-electron chi connectivity index (χ4n) is 3.61. The topological polar surface area (TPSA) is 92.6 Å². The lowest BCUT2D eigenvalue weighted by atomic mass is 10.0. The molecule has 7 nitrogen and oxygen atoms in total. The summed E-state index contributed by atoms with van der Waals surface area (Å²) in [6.45, 7) is 0.238. The van der Waals surface area contributed by atoms with Crippen molar-refractivity contribution in [1.82, 2.24) is 10.2 Å². The van der Waals surface area contributed by atoms with Gasteiger partial charge in [-0.3, -0.25) is 19.7 Å². The molecule has 0 saturated heterocycles. The molecule has 35 heavy (non-hydrogen) atoms. The summed E-state index contributed by atoms with van der Waals surface area (Å²) in [5, 5.41) is 14.1. The number of non-ortho nitro benzene ring substituents is 1. The van der Waals surface area contributed by atoms with Gasteiger partial charge in [0, 0.05) is 42.9 Å². The van der Waals surface area contributed by atoms with Crippen LogP contribution >= 0.6 is 23.4 Å². The van der Waals surface area contributed by atoms with Crippen LogP contribution in [0.4, 0.5) is 5.69 Å². The molecule has 0 spiro atoms. The molecule has 3 aromatic rings. The van der Waals surface area contributed by atoms with Crippen LogP contribution in [0.2, 0.25) is 5.02 Å². The van der Waals surface area contributed by atoms with Crippen molar-refractivity contribution in [1.29, 1.82) is 0 Å². The van der Waals surface area contributed by atoms with E-state index in [9.17, 15) is 19.7 Å². The highest BCUT2D eigenvalue weighted by atomic mass is 35.5. The van der Waals surface area contributed by atoms with Crippen LogP contribution in [0.3, 0.4) is 0 Å². The quantitative estimate of drug-likeness (QED) is 0.293. The van der Waals surface area contributed by atoms with E-state index in [1.807, 2.05) is 42.5 Å². The van der Waals surface area contributed by atoms with Crippen molar-refractivity contribution in [2.45, 2.75) is 24.8 Å². The molecule has 1 N–H and O–H groups in total. The van der Waals surface area contributed by atoms with E-state index in [1.165, 1.54) is 23.9 Å². The first-order valence-corrected chi connectivity index (χ1v) is 12.5. The van der Waals surface area contributed by atoms with E-state index < -0.39 is 11.0 Å². The van der Waals surface area contributed by atoms with Crippen molar-refractivity contribution in [3.8, 4) is 0 Å². The van der Waals surface area contributed by atoms with Crippen LogP contribution in [0.15, 0.2) is 78.9 Å². The number of amides is 2. The molecular weight excluding hydrogens is 486 g/mol. The molecule has 0 aromatic heterocycles. The van der Waals surface area contributed by atoms with Crippen LogP contribution in [-0.4, -0.2) is 40.5 Å². The summed E-state index contributed by atoms with van der Waals surface area (Å²) >= 11 is 7.56. The number of carbonyl (C=O) groups is 2. The lowest BCUT2D eigenvalue weighted by molar-refractivity contribution is -0.384. The average Bonchev–Trinajstić information content (AvgIpc) is 2.86. The maximum atomic E-state index is 13.4. The van der Waals surface area contributed by atoms with Gasteiger partial charge in [-0.2, -0.15) is 0 Å². The van der Waals surface area contributed by atoms with E-state index in [-0.39, 0.29) is 29.8 Å². The van der Waals surface area contributed by atoms with Crippen LogP contribution in [-0.2, 0) is 28.3 Å². The molecule has 0 radical (unpaired) electrons. The van der Waals surface area contributed by atoms with E-state index in [2.05, 4.69) is 5.32 Å². The van der Waals surface area contributed by atoms with Crippen molar-refractivity contribution in [2.75, 3.05) is 12.8 Å². The number of benzene rings is 3. The second-order valence-electron chi connectivity index (χ2n) is 7.89. The van der Waals surface area contributed by atoms with Gasteiger partial charge in [0.1, 0.15) is 6.04 Å². The zero-order chi connectivity index (χ0) is 25.2. The number of hydrogen-bond acceptors (Lipinski definition) is 5. The Balaban J connectivity index is 1.78. The first-order chi connectivity index (χ1) is 16.9. The molecular formula is C26H26ClN3O4S. The third-order valence-corrected chi connectivity index (χ3v) is 6.62. The third kappa shape index (κ3) is 7.83. The molecule has 0 fully saturated rings. The predicted octanol–water partition coefficient (Wildman–Crippen LogP) is 4.87. The van der Waals surface area contributed by atoms with Gasteiger partial charge in [-0.25, -0.2) is 0 Å². The van der Waals surface area contributed by atoms with Crippen molar-refractivity contribution in [3.63, 3.8) is 0 Å². The zero-order valence-electron chi connectivity index (χ0n) is 19.2. The van der Waals surface area contributed by atoms with Gasteiger partial charge in [0.2, 0.25) is 11.8 Å². The van der Waals surface area contributed by atoms with Crippen molar-refractivity contribution < 1.29 is 14.5 Å². The third-order valence-electron chi connectivity index (χ3n) is 5.40. The van der Waals surface area contributed by atoms with Crippen LogP contribution in [0.5, 0.6) is 0 Å². The van der Waals surface area contributed by atoms with Crippen molar-refractivity contribution >= 4 is 40.9 Å². The number of thioether (sulfide) groups is 1. The summed E-state index contributed by atoms with van der Waals surface area (Å²) in [7, 11) is 1.56. The zero-order valence-corrected chi connectivity index (χ0v) is 20.8. The number of nitrogens with zero attached hydrogens (tertiary/aromatic N) is 2. The van der Waals surface area contributed by atoms with Crippen molar-refractivity contribution in [2.24, 2.45) is 0 Å². The minimum absolute atomic E-state index is 0.0249. The lowest BCUT2D eigenvalue weighted by Crippen LogP contribution is -2.50. The predicted molar refractivity (Wildman–Crippen MR) is 139 cm³/mol. The summed E-state index contributed by atoms with van der Waals surface area (Å²) in [6, 6.07) is 22.4. The molecule has 1 atom stereocenters. The Morgan fingerprint density at radius 3 is 2.31 bits per heavy atom. The number of nitrogens with one attached hydrogen (secondary N) is 1. The molecule has 0 aliphatic rings.